The highest BCUT2D eigenvalue weighted by Gasteiger charge is 2.13. The quantitative estimate of drug-likeness (QED) is 0.709. The van der Waals surface area contributed by atoms with E-state index >= 15 is 0 Å². The predicted octanol–water partition coefficient (Wildman–Crippen LogP) is 2.28. The number of hydrogen-bond donors (Lipinski definition) is 3. The van der Waals surface area contributed by atoms with Crippen LogP contribution in [0.3, 0.4) is 0 Å². The smallest absolute Gasteiger partial charge is 0.253 e. The van der Waals surface area contributed by atoms with Crippen molar-refractivity contribution in [2.45, 2.75) is 13.3 Å². The van der Waals surface area contributed by atoms with Crippen LogP contribution in [0.4, 0.5) is 4.39 Å². The first-order chi connectivity index (χ1) is 9.22. The van der Waals surface area contributed by atoms with Crippen LogP contribution in [-0.4, -0.2) is 35.5 Å². The summed E-state index contributed by atoms with van der Waals surface area (Å²) in [5.74, 6) is -0.763. The van der Waals surface area contributed by atoms with Crippen molar-refractivity contribution in [1.82, 2.24) is 20.6 Å². The molecule has 8 heteroatoms. The number of halogens is 3. The number of benzene rings is 1. The van der Waals surface area contributed by atoms with Crippen LogP contribution < -0.4 is 10.6 Å². The van der Waals surface area contributed by atoms with E-state index in [4.69, 9.17) is 0 Å². The maximum Gasteiger partial charge on any atom is 0.253 e. The molecule has 0 radical (unpaired) electrons. The second-order valence-corrected chi connectivity index (χ2v) is 4.26. The van der Waals surface area contributed by atoms with Gasteiger partial charge < -0.3 is 15.6 Å². The number of nitrogens with one attached hydrogen (secondary N) is 3. The maximum atomic E-state index is 13.4. The second kappa shape index (κ2) is 9.55. The summed E-state index contributed by atoms with van der Waals surface area (Å²) in [6.07, 6.45) is 2.50. The molecule has 0 aliphatic carbocycles. The SMILES string of the molecule is CCCNCCNC(=O)c1cc(F)cc2[nH]cnc12.Cl.Cl. The third-order valence-corrected chi connectivity index (χ3v) is 2.75. The van der Waals surface area contributed by atoms with E-state index in [1.165, 1.54) is 18.5 Å². The van der Waals surface area contributed by atoms with Gasteiger partial charge in [-0.1, -0.05) is 6.92 Å². The Morgan fingerprint density at radius 1 is 1.29 bits per heavy atom. The van der Waals surface area contributed by atoms with Crippen molar-refractivity contribution in [2.24, 2.45) is 0 Å². The number of carbonyl (C=O) groups is 1. The number of rotatable bonds is 6. The van der Waals surface area contributed by atoms with Gasteiger partial charge in [0.25, 0.3) is 5.91 Å². The van der Waals surface area contributed by atoms with Crippen molar-refractivity contribution in [3.63, 3.8) is 0 Å². The minimum absolute atomic E-state index is 0. The topological polar surface area (TPSA) is 69.8 Å². The van der Waals surface area contributed by atoms with Crippen LogP contribution >= 0.6 is 24.8 Å². The average Bonchev–Trinajstić information content (AvgIpc) is 2.85. The van der Waals surface area contributed by atoms with Crippen LogP contribution in [0, 0.1) is 5.82 Å². The van der Waals surface area contributed by atoms with E-state index in [-0.39, 0.29) is 36.3 Å². The van der Waals surface area contributed by atoms with Crippen LogP contribution in [0.15, 0.2) is 18.5 Å². The van der Waals surface area contributed by atoms with E-state index in [9.17, 15) is 9.18 Å². The van der Waals surface area contributed by atoms with Crippen molar-refractivity contribution < 1.29 is 9.18 Å². The molecule has 1 amide bonds. The third-order valence-electron chi connectivity index (χ3n) is 2.75. The number of fused-ring (bicyclic) bond motifs is 1. The van der Waals surface area contributed by atoms with Crippen LogP contribution in [-0.2, 0) is 0 Å². The van der Waals surface area contributed by atoms with Gasteiger partial charge in [-0.15, -0.1) is 24.8 Å². The zero-order valence-corrected chi connectivity index (χ0v) is 13.2. The van der Waals surface area contributed by atoms with Gasteiger partial charge in [-0.2, -0.15) is 0 Å². The normalized spacial score (nSPS) is 9.81. The molecule has 1 heterocycles. The van der Waals surface area contributed by atoms with Gasteiger partial charge in [0.05, 0.1) is 17.4 Å². The molecular weight excluding hydrogens is 318 g/mol. The molecule has 118 valence electrons. The van der Waals surface area contributed by atoms with Gasteiger partial charge in [0.1, 0.15) is 11.3 Å². The first-order valence-corrected chi connectivity index (χ1v) is 6.34. The molecule has 5 nitrogen and oxygen atoms in total. The van der Waals surface area contributed by atoms with Gasteiger partial charge in [0, 0.05) is 13.1 Å². The zero-order valence-electron chi connectivity index (χ0n) is 11.6. The third kappa shape index (κ3) is 5.15. The fourth-order valence-electron chi connectivity index (χ4n) is 1.85. The van der Waals surface area contributed by atoms with Crippen LogP contribution in [0.25, 0.3) is 11.0 Å². The zero-order chi connectivity index (χ0) is 13.7. The lowest BCUT2D eigenvalue weighted by atomic mass is 10.1. The molecular formula is C13H19Cl2FN4O. The molecule has 0 bridgehead atoms. The van der Waals surface area contributed by atoms with Gasteiger partial charge in [-0.25, -0.2) is 9.37 Å². The molecule has 1 aromatic carbocycles. The summed E-state index contributed by atoms with van der Waals surface area (Å²) in [7, 11) is 0. The molecule has 0 aliphatic rings. The van der Waals surface area contributed by atoms with E-state index in [1.807, 2.05) is 0 Å². The molecule has 2 rings (SSSR count). The van der Waals surface area contributed by atoms with E-state index in [0.717, 1.165) is 13.0 Å². The van der Waals surface area contributed by atoms with Crippen molar-refractivity contribution in [1.29, 1.82) is 0 Å². The maximum absolute atomic E-state index is 13.4. The summed E-state index contributed by atoms with van der Waals surface area (Å²) >= 11 is 0. The lowest BCUT2D eigenvalue weighted by Gasteiger charge is -2.07. The summed E-state index contributed by atoms with van der Waals surface area (Å²) in [5, 5.41) is 5.92. The Hall–Kier alpha value is -1.37. The Morgan fingerprint density at radius 3 is 2.76 bits per heavy atom. The summed E-state index contributed by atoms with van der Waals surface area (Å²) in [4.78, 5) is 18.8. The fourth-order valence-corrected chi connectivity index (χ4v) is 1.85. The first kappa shape index (κ1) is 19.6. The Kier molecular flexibility index (Phi) is 8.92. The number of aromatic nitrogens is 2. The van der Waals surface area contributed by atoms with Crippen molar-refractivity contribution in [3.05, 3.63) is 29.8 Å². The summed E-state index contributed by atoms with van der Waals surface area (Å²) in [6, 6.07) is 2.53. The van der Waals surface area contributed by atoms with Crippen LogP contribution in [0.2, 0.25) is 0 Å². The number of H-pyrrole nitrogens is 1. The standard InChI is InChI=1S/C13H17FN4O.2ClH/c1-2-3-15-4-5-16-13(19)10-6-9(14)7-11-12(10)18-8-17-11;;/h6-8,15H,2-5H2,1H3,(H,16,19)(H,17,18);2*1H. The molecule has 3 N–H and O–H groups in total. The number of carbonyl (C=O) groups excluding carboxylic acids is 1. The van der Waals surface area contributed by atoms with Gasteiger partial charge in [0.15, 0.2) is 0 Å². The number of hydrogen-bond acceptors (Lipinski definition) is 3. The average molecular weight is 337 g/mol. The highest BCUT2D eigenvalue weighted by atomic mass is 35.5. The molecule has 0 unspecified atom stereocenters. The number of imidazole rings is 1. The molecule has 0 spiro atoms. The molecule has 21 heavy (non-hydrogen) atoms. The molecule has 1 aromatic heterocycles. The highest BCUT2D eigenvalue weighted by molar-refractivity contribution is 6.04. The van der Waals surface area contributed by atoms with Gasteiger partial charge >= 0.3 is 0 Å². The van der Waals surface area contributed by atoms with Gasteiger partial charge in [-0.05, 0) is 25.1 Å². The van der Waals surface area contributed by atoms with Crippen molar-refractivity contribution >= 4 is 41.8 Å². The Labute approximate surface area is 134 Å². The van der Waals surface area contributed by atoms with Gasteiger partial charge in [0.2, 0.25) is 0 Å². The highest BCUT2D eigenvalue weighted by Crippen LogP contribution is 2.16. The van der Waals surface area contributed by atoms with Gasteiger partial charge in [-0.3, -0.25) is 4.79 Å². The number of nitrogens with zero attached hydrogens (tertiary/aromatic N) is 1. The monoisotopic (exact) mass is 336 g/mol. The Balaban J connectivity index is 0.00000200. The largest absolute Gasteiger partial charge is 0.351 e. The molecule has 0 aliphatic heterocycles. The fraction of sp³-hybridized carbons (Fsp3) is 0.385. The second-order valence-electron chi connectivity index (χ2n) is 4.26. The molecule has 0 saturated heterocycles. The molecule has 2 aromatic rings. The number of aromatic amines is 1. The number of amides is 1. The summed E-state index contributed by atoms with van der Waals surface area (Å²) in [6.45, 7) is 4.19. The first-order valence-electron chi connectivity index (χ1n) is 6.34. The minimum atomic E-state index is -0.453. The molecule has 0 atom stereocenters. The lowest BCUT2D eigenvalue weighted by molar-refractivity contribution is 0.0955. The molecule has 0 saturated carbocycles. The molecule has 0 fully saturated rings. The summed E-state index contributed by atoms with van der Waals surface area (Å²) < 4.78 is 13.4. The predicted molar refractivity (Wildman–Crippen MR) is 86.0 cm³/mol. The van der Waals surface area contributed by atoms with E-state index in [2.05, 4.69) is 27.5 Å². The van der Waals surface area contributed by atoms with Crippen LogP contribution in [0.1, 0.15) is 23.7 Å². The van der Waals surface area contributed by atoms with Crippen molar-refractivity contribution in [2.75, 3.05) is 19.6 Å². The Bertz CT molecular complexity index is 576. The van der Waals surface area contributed by atoms with Crippen LogP contribution in [0.5, 0.6) is 0 Å². The lowest BCUT2D eigenvalue weighted by Crippen LogP contribution is -2.32. The summed E-state index contributed by atoms with van der Waals surface area (Å²) in [5.41, 5.74) is 1.27. The van der Waals surface area contributed by atoms with Crippen molar-refractivity contribution in [3.8, 4) is 0 Å². The van der Waals surface area contributed by atoms with E-state index < -0.39 is 5.82 Å². The van der Waals surface area contributed by atoms with E-state index in [0.29, 0.717) is 24.1 Å². The van der Waals surface area contributed by atoms with E-state index in [1.54, 1.807) is 0 Å². The minimum Gasteiger partial charge on any atom is -0.351 e. The Morgan fingerprint density at radius 2 is 2.05 bits per heavy atom.